The van der Waals surface area contributed by atoms with Gasteiger partial charge in [-0.05, 0) is 31.0 Å². The Bertz CT molecular complexity index is 925. The predicted octanol–water partition coefficient (Wildman–Crippen LogP) is 3.10. The van der Waals surface area contributed by atoms with E-state index in [0.717, 1.165) is 37.4 Å². The number of benzene rings is 1. The van der Waals surface area contributed by atoms with E-state index in [1.54, 1.807) is 22.8 Å². The third-order valence-corrected chi connectivity index (χ3v) is 5.77. The number of thioether (sulfide) groups is 1. The van der Waals surface area contributed by atoms with Gasteiger partial charge < -0.3 is 5.32 Å². The van der Waals surface area contributed by atoms with Crippen molar-refractivity contribution in [2.75, 3.05) is 12.8 Å². The molecule has 1 aromatic carbocycles. The summed E-state index contributed by atoms with van der Waals surface area (Å²) in [6.45, 7) is 0. The van der Waals surface area contributed by atoms with Gasteiger partial charge in [0.25, 0.3) is 5.56 Å². The van der Waals surface area contributed by atoms with Crippen molar-refractivity contribution in [3.05, 3.63) is 33.6 Å². The highest BCUT2D eigenvalue weighted by atomic mass is 35.5. The van der Waals surface area contributed by atoms with Crippen molar-refractivity contribution in [1.29, 1.82) is 0 Å². The number of fused-ring (bicyclic) bond motifs is 1. The normalized spacial score (nSPS) is 14.9. The Morgan fingerprint density at radius 1 is 1.30 bits per heavy atom. The molecular formula is C18H21ClN4O3S. The summed E-state index contributed by atoms with van der Waals surface area (Å²) in [6.07, 6.45) is 5.13. The van der Waals surface area contributed by atoms with Gasteiger partial charge in [0.1, 0.15) is 0 Å². The van der Waals surface area contributed by atoms with Crippen LogP contribution in [0.4, 0.5) is 4.79 Å². The van der Waals surface area contributed by atoms with Crippen LogP contribution in [-0.2, 0) is 4.79 Å². The molecule has 144 valence electrons. The van der Waals surface area contributed by atoms with Crippen molar-refractivity contribution in [2.45, 2.75) is 43.3 Å². The summed E-state index contributed by atoms with van der Waals surface area (Å²) in [5.41, 5.74) is 0.395. The largest absolute Gasteiger partial charge is 0.341 e. The molecule has 1 fully saturated rings. The van der Waals surface area contributed by atoms with Crippen LogP contribution in [-0.4, -0.2) is 34.3 Å². The van der Waals surface area contributed by atoms with Crippen LogP contribution < -0.4 is 16.2 Å². The highest BCUT2D eigenvalue weighted by molar-refractivity contribution is 7.99. The second-order valence-electron chi connectivity index (χ2n) is 6.44. The maximum absolute atomic E-state index is 13.1. The van der Waals surface area contributed by atoms with Crippen molar-refractivity contribution < 1.29 is 9.59 Å². The average Bonchev–Trinajstić information content (AvgIpc) is 2.66. The highest BCUT2D eigenvalue weighted by Crippen LogP contribution is 2.31. The number of carbonyl (C=O) groups excluding carboxylic acids is 2. The molecule has 9 heteroatoms. The summed E-state index contributed by atoms with van der Waals surface area (Å²) in [6, 6.07) is 4.53. The van der Waals surface area contributed by atoms with Crippen LogP contribution in [0.15, 0.2) is 28.2 Å². The van der Waals surface area contributed by atoms with Gasteiger partial charge in [0, 0.05) is 18.1 Å². The van der Waals surface area contributed by atoms with E-state index in [0.29, 0.717) is 21.1 Å². The van der Waals surface area contributed by atoms with Gasteiger partial charge in [0.15, 0.2) is 5.16 Å². The molecule has 3 rings (SSSR count). The number of hydrogen-bond donors (Lipinski definition) is 2. The first-order valence-electron chi connectivity index (χ1n) is 8.85. The van der Waals surface area contributed by atoms with Crippen LogP contribution in [0, 0.1) is 0 Å². The Morgan fingerprint density at radius 3 is 2.74 bits per heavy atom. The number of carbonyl (C=O) groups is 2. The van der Waals surface area contributed by atoms with Crippen LogP contribution in [0.1, 0.15) is 38.1 Å². The number of halogens is 1. The van der Waals surface area contributed by atoms with Crippen LogP contribution in [0.2, 0.25) is 5.02 Å². The van der Waals surface area contributed by atoms with Crippen LogP contribution in [0.25, 0.3) is 10.9 Å². The topological polar surface area (TPSA) is 93.1 Å². The van der Waals surface area contributed by atoms with Crippen molar-refractivity contribution in [3.8, 4) is 0 Å². The maximum atomic E-state index is 13.1. The minimum absolute atomic E-state index is 0.0152. The molecule has 0 bridgehead atoms. The van der Waals surface area contributed by atoms with Gasteiger partial charge in [0.2, 0.25) is 5.91 Å². The molecule has 0 radical (unpaired) electrons. The SMILES string of the molecule is CNC(=O)NC(=O)CSc1nc2cc(Cl)ccc2c(=O)n1C1CCCCC1. The Morgan fingerprint density at radius 2 is 2.04 bits per heavy atom. The minimum Gasteiger partial charge on any atom is -0.341 e. The van der Waals surface area contributed by atoms with E-state index in [2.05, 4.69) is 15.6 Å². The predicted molar refractivity (Wildman–Crippen MR) is 106 cm³/mol. The molecule has 0 saturated heterocycles. The number of urea groups is 1. The fraction of sp³-hybridized carbons (Fsp3) is 0.444. The van der Waals surface area contributed by atoms with E-state index in [1.807, 2.05) is 0 Å². The van der Waals surface area contributed by atoms with Crippen molar-refractivity contribution in [1.82, 2.24) is 20.2 Å². The van der Waals surface area contributed by atoms with E-state index in [9.17, 15) is 14.4 Å². The first kappa shape index (κ1) is 19.7. The molecule has 1 aliphatic rings. The fourth-order valence-corrected chi connectivity index (χ4v) is 4.30. The monoisotopic (exact) mass is 408 g/mol. The van der Waals surface area contributed by atoms with Crippen LogP contribution in [0.3, 0.4) is 0 Å². The van der Waals surface area contributed by atoms with E-state index in [1.165, 1.54) is 13.5 Å². The molecule has 0 spiro atoms. The van der Waals surface area contributed by atoms with Gasteiger partial charge in [-0.1, -0.05) is 42.6 Å². The van der Waals surface area contributed by atoms with Crippen molar-refractivity contribution >= 4 is 46.2 Å². The number of hydrogen-bond acceptors (Lipinski definition) is 5. The zero-order chi connectivity index (χ0) is 19.4. The van der Waals surface area contributed by atoms with Gasteiger partial charge in [-0.2, -0.15) is 0 Å². The number of rotatable bonds is 4. The maximum Gasteiger partial charge on any atom is 0.321 e. The lowest BCUT2D eigenvalue weighted by Crippen LogP contribution is -2.38. The van der Waals surface area contributed by atoms with Gasteiger partial charge in [-0.3, -0.25) is 19.5 Å². The Hall–Kier alpha value is -2.06. The fourth-order valence-electron chi connectivity index (χ4n) is 3.27. The summed E-state index contributed by atoms with van der Waals surface area (Å²) < 4.78 is 1.72. The number of amides is 3. The van der Waals surface area contributed by atoms with Gasteiger partial charge in [0.05, 0.1) is 16.7 Å². The molecule has 27 heavy (non-hydrogen) atoms. The van der Waals surface area contributed by atoms with E-state index in [4.69, 9.17) is 11.6 Å². The van der Waals surface area contributed by atoms with E-state index in [-0.39, 0.29) is 17.4 Å². The number of aromatic nitrogens is 2. The van der Waals surface area contributed by atoms with E-state index < -0.39 is 11.9 Å². The van der Waals surface area contributed by atoms with Gasteiger partial charge in [-0.25, -0.2) is 9.78 Å². The zero-order valence-electron chi connectivity index (χ0n) is 15.0. The molecule has 1 heterocycles. The lowest BCUT2D eigenvalue weighted by atomic mass is 9.95. The molecular weight excluding hydrogens is 388 g/mol. The number of nitrogens with one attached hydrogen (secondary N) is 2. The van der Waals surface area contributed by atoms with Gasteiger partial charge in [-0.15, -0.1) is 0 Å². The summed E-state index contributed by atoms with van der Waals surface area (Å²) in [5, 5.41) is 6.04. The number of nitrogens with zero attached hydrogens (tertiary/aromatic N) is 2. The number of imide groups is 1. The lowest BCUT2D eigenvalue weighted by molar-refractivity contribution is -0.117. The first-order chi connectivity index (χ1) is 13.0. The summed E-state index contributed by atoms with van der Waals surface area (Å²) in [5.74, 6) is -0.464. The van der Waals surface area contributed by atoms with E-state index >= 15 is 0 Å². The van der Waals surface area contributed by atoms with Crippen LogP contribution >= 0.6 is 23.4 Å². The molecule has 1 aromatic heterocycles. The molecule has 0 aliphatic heterocycles. The Kier molecular flexibility index (Phi) is 6.38. The Balaban J connectivity index is 1.96. The molecule has 7 nitrogen and oxygen atoms in total. The second-order valence-corrected chi connectivity index (χ2v) is 7.82. The first-order valence-corrected chi connectivity index (χ1v) is 10.2. The summed E-state index contributed by atoms with van der Waals surface area (Å²) in [7, 11) is 1.44. The Labute approximate surface area is 165 Å². The zero-order valence-corrected chi connectivity index (χ0v) is 16.5. The molecule has 3 amide bonds. The summed E-state index contributed by atoms with van der Waals surface area (Å²) >= 11 is 7.20. The van der Waals surface area contributed by atoms with Crippen LogP contribution in [0.5, 0.6) is 0 Å². The third kappa shape index (κ3) is 4.62. The lowest BCUT2D eigenvalue weighted by Gasteiger charge is -2.26. The molecule has 1 saturated carbocycles. The minimum atomic E-state index is -0.566. The molecule has 0 unspecified atom stereocenters. The molecule has 2 N–H and O–H groups in total. The average molecular weight is 409 g/mol. The summed E-state index contributed by atoms with van der Waals surface area (Å²) in [4.78, 5) is 41.0. The third-order valence-electron chi connectivity index (χ3n) is 4.58. The van der Waals surface area contributed by atoms with Gasteiger partial charge >= 0.3 is 6.03 Å². The molecule has 0 atom stereocenters. The molecule has 1 aliphatic carbocycles. The smallest absolute Gasteiger partial charge is 0.321 e. The standard InChI is InChI=1S/C18H21ClN4O3S/c1-20-17(26)22-15(24)10-27-18-21-14-9-11(19)7-8-13(14)16(25)23(18)12-5-3-2-4-6-12/h7-9,12H,2-6,10H2,1H3,(H2,20,22,24,26). The highest BCUT2D eigenvalue weighted by Gasteiger charge is 2.22. The second kappa shape index (κ2) is 8.75. The van der Waals surface area contributed by atoms with Crippen molar-refractivity contribution in [2.24, 2.45) is 0 Å². The molecule has 2 aromatic rings. The quantitative estimate of drug-likeness (QED) is 0.599. The van der Waals surface area contributed by atoms with Crippen molar-refractivity contribution in [3.63, 3.8) is 0 Å².